The molecule has 1 amide bonds. The Morgan fingerprint density at radius 1 is 0.970 bits per heavy atom. The predicted octanol–water partition coefficient (Wildman–Crippen LogP) is 3.78. The Morgan fingerprint density at radius 3 is 2.21 bits per heavy atom. The number of sulfonamides is 1. The molecule has 2 aromatic carbocycles. The summed E-state index contributed by atoms with van der Waals surface area (Å²) in [5, 5.41) is 0. The number of carbonyl (C=O) groups is 2. The van der Waals surface area contributed by atoms with Gasteiger partial charge in [-0.25, -0.2) is 8.42 Å². The molecule has 1 heterocycles. The fourth-order valence-corrected chi connectivity index (χ4v) is 5.45. The van der Waals surface area contributed by atoms with E-state index in [0.29, 0.717) is 19.5 Å². The van der Waals surface area contributed by atoms with Crippen molar-refractivity contribution in [1.29, 1.82) is 0 Å². The summed E-state index contributed by atoms with van der Waals surface area (Å²) in [4.78, 5) is 26.7. The number of ether oxygens (including phenoxy) is 1. The van der Waals surface area contributed by atoms with Crippen molar-refractivity contribution in [3.05, 3.63) is 60.2 Å². The van der Waals surface area contributed by atoms with Crippen LogP contribution in [0.3, 0.4) is 0 Å². The van der Waals surface area contributed by atoms with Gasteiger partial charge in [0.1, 0.15) is 0 Å². The van der Waals surface area contributed by atoms with E-state index in [1.54, 1.807) is 29.2 Å². The summed E-state index contributed by atoms with van der Waals surface area (Å²) < 4.78 is 32.2. The molecule has 3 rings (SSSR count). The van der Waals surface area contributed by atoms with Gasteiger partial charge in [-0.1, -0.05) is 36.8 Å². The highest BCUT2D eigenvalue weighted by molar-refractivity contribution is 7.89. The third-order valence-corrected chi connectivity index (χ3v) is 7.58. The van der Waals surface area contributed by atoms with Crippen LogP contribution < -0.4 is 4.90 Å². The van der Waals surface area contributed by atoms with E-state index < -0.39 is 16.0 Å². The van der Waals surface area contributed by atoms with Crippen molar-refractivity contribution in [3.8, 4) is 0 Å². The van der Waals surface area contributed by atoms with Crippen molar-refractivity contribution in [3.63, 3.8) is 0 Å². The molecule has 0 aromatic heterocycles. The number of rotatable bonds is 9. The molecule has 1 saturated heterocycles. The minimum Gasteiger partial charge on any atom is -0.456 e. The molecule has 8 heteroatoms. The number of benzene rings is 2. The number of esters is 1. The van der Waals surface area contributed by atoms with Crippen LogP contribution in [0, 0.1) is 0 Å². The van der Waals surface area contributed by atoms with Crippen LogP contribution in [0.15, 0.2) is 59.5 Å². The topological polar surface area (TPSA) is 84.0 Å². The van der Waals surface area contributed by atoms with Crippen molar-refractivity contribution in [2.75, 3.05) is 24.6 Å². The second-order valence-electron chi connectivity index (χ2n) is 8.46. The summed E-state index contributed by atoms with van der Waals surface area (Å²) in [6, 6.07) is 15.8. The van der Waals surface area contributed by atoms with E-state index in [1.165, 1.54) is 4.31 Å². The van der Waals surface area contributed by atoms with Crippen molar-refractivity contribution in [2.45, 2.75) is 56.9 Å². The number of piperidine rings is 1. The highest BCUT2D eigenvalue weighted by atomic mass is 32.2. The molecule has 0 aliphatic carbocycles. The number of para-hydroxylation sites is 1. The highest BCUT2D eigenvalue weighted by Gasteiger charge is 2.25. The van der Waals surface area contributed by atoms with Crippen molar-refractivity contribution < 1.29 is 22.7 Å². The van der Waals surface area contributed by atoms with E-state index in [4.69, 9.17) is 4.74 Å². The van der Waals surface area contributed by atoms with E-state index in [2.05, 4.69) is 0 Å². The van der Waals surface area contributed by atoms with Crippen LogP contribution in [0.2, 0.25) is 0 Å². The molecule has 1 aliphatic rings. The summed E-state index contributed by atoms with van der Waals surface area (Å²) in [6.07, 6.45) is 3.36. The lowest BCUT2D eigenvalue weighted by atomic mass is 10.1. The maximum atomic E-state index is 12.7. The zero-order valence-electron chi connectivity index (χ0n) is 19.3. The molecule has 0 bridgehead atoms. The summed E-state index contributed by atoms with van der Waals surface area (Å²) in [5.41, 5.74) is 1.59. The number of hydrogen-bond donors (Lipinski definition) is 0. The molecule has 1 aliphatic heterocycles. The molecule has 0 N–H and O–H groups in total. The minimum atomic E-state index is -3.47. The van der Waals surface area contributed by atoms with Gasteiger partial charge in [0.2, 0.25) is 10.0 Å². The number of aryl methyl sites for hydroxylation is 1. The van der Waals surface area contributed by atoms with E-state index in [1.807, 2.05) is 44.2 Å². The molecule has 0 spiro atoms. The fraction of sp³-hybridized carbons (Fsp3) is 0.440. The van der Waals surface area contributed by atoms with E-state index in [0.717, 1.165) is 30.5 Å². The average Bonchev–Trinajstić information content (AvgIpc) is 2.83. The zero-order chi connectivity index (χ0) is 23.8. The average molecular weight is 473 g/mol. The maximum Gasteiger partial charge on any atom is 0.306 e. The van der Waals surface area contributed by atoms with Crippen LogP contribution in [-0.4, -0.2) is 50.3 Å². The Hall–Kier alpha value is -2.71. The number of amides is 1. The van der Waals surface area contributed by atoms with Gasteiger partial charge < -0.3 is 9.64 Å². The van der Waals surface area contributed by atoms with Gasteiger partial charge in [-0.05, 0) is 62.9 Å². The van der Waals surface area contributed by atoms with E-state index >= 15 is 0 Å². The Balaban J connectivity index is 1.50. The van der Waals surface area contributed by atoms with Gasteiger partial charge in [0.25, 0.3) is 5.91 Å². The summed E-state index contributed by atoms with van der Waals surface area (Å²) >= 11 is 0. The van der Waals surface area contributed by atoms with Gasteiger partial charge in [0, 0.05) is 31.2 Å². The summed E-state index contributed by atoms with van der Waals surface area (Å²) in [7, 11) is -3.47. The smallest absolute Gasteiger partial charge is 0.306 e. The second kappa shape index (κ2) is 11.4. The van der Waals surface area contributed by atoms with Gasteiger partial charge in [-0.2, -0.15) is 4.31 Å². The third kappa shape index (κ3) is 6.65. The molecular formula is C25H32N2O5S. The van der Waals surface area contributed by atoms with Crippen molar-refractivity contribution in [2.24, 2.45) is 0 Å². The van der Waals surface area contributed by atoms with Gasteiger partial charge in [-0.15, -0.1) is 0 Å². The van der Waals surface area contributed by atoms with Crippen LogP contribution >= 0.6 is 0 Å². The molecule has 1 fully saturated rings. The van der Waals surface area contributed by atoms with Gasteiger partial charge in [-0.3, -0.25) is 9.59 Å². The summed E-state index contributed by atoms with van der Waals surface area (Å²) in [5.74, 6) is -0.748. The molecule has 0 saturated carbocycles. The normalized spacial score (nSPS) is 14.8. The lowest BCUT2D eigenvalue weighted by Gasteiger charge is -2.26. The second-order valence-corrected chi connectivity index (χ2v) is 10.4. The molecule has 178 valence electrons. The molecule has 33 heavy (non-hydrogen) atoms. The summed E-state index contributed by atoms with van der Waals surface area (Å²) in [6.45, 7) is 4.61. The highest BCUT2D eigenvalue weighted by Crippen LogP contribution is 2.21. The fourth-order valence-electron chi connectivity index (χ4n) is 3.93. The minimum absolute atomic E-state index is 0.0710. The first kappa shape index (κ1) is 24.9. The Labute approximate surface area is 196 Å². The van der Waals surface area contributed by atoms with E-state index in [-0.39, 0.29) is 29.9 Å². The predicted molar refractivity (Wildman–Crippen MR) is 127 cm³/mol. The van der Waals surface area contributed by atoms with Crippen molar-refractivity contribution in [1.82, 2.24) is 4.31 Å². The van der Waals surface area contributed by atoms with Crippen LogP contribution in [0.25, 0.3) is 0 Å². The number of anilines is 1. The lowest BCUT2D eigenvalue weighted by Crippen LogP contribution is -2.39. The zero-order valence-corrected chi connectivity index (χ0v) is 20.1. The number of carbonyl (C=O) groups excluding carboxylic acids is 2. The van der Waals surface area contributed by atoms with E-state index in [9.17, 15) is 18.0 Å². The lowest BCUT2D eigenvalue weighted by molar-refractivity contribution is -0.147. The first-order valence-electron chi connectivity index (χ1n) is 11.4. The Kier molecular flexibility index (Phi) is 8.63. The quantitative estimate of drug-likeness (QED) is 0.519. The Bertz CT molecular complexity index is 1030. The van der Waals surface area contributed by atoms with Crippen LogP contribution in [0.4, 0.5) is 5.69 Å². The van der Waals surface area contributed by atoms with Crippen LogP contribution in [-0.2, 0) is 30.8 Å². The molecule has 0 radical (unpaired) electrons. The SMILES string of the molecule is CC(C)N(C(=O)COC(=O)CCc1ccc(S(=O)(=O)N2CCCCC2)cc1)c1ccccc1. The standard InChI is InChI=1S/C25H32N2O5S/c1-20(2)27(22-9-5-3-6-10-22)24(28)19-32-25(29)16-13-21-11-14-23(15-12-21)33(30,31)26-17-7-4-8-18-26/h3,5-6,9-12,14-15,20H,4,7-8,13,16-19H2,1-2H3. The van der Waals surface area contributed by atoms with Gasteiger partial charge >= 0.3 is 5.97 Å². The monoisotopic (exact) mass is 472 g/mol. The Morgan fingerprint density at radius 2 is 1.61 bits per heavy atom. The van der Waals surface area contributed by atoms with Crippen LogP contribution in [0.1, 0.15) is 45.1 Å². The molecule has 0 unspecified atom stereocenters. The third-order valence-electron chi connectivity index (χ3n) is 5.67. The first-order chi connectivity index (χ1) is 15.8. The largest absolute Gasteiger partial charge is 0.456 e. The molecule has 2 aromatic rings. The molecular weight excluding hydrogens is 440 g/mol. The van der Waals surface area contributed by atoms with Gasteiger partial charge in [0.05, 0.1) is 4.90 Å². The molecule has 7 nitrogen and oxygen atoms in total. The van der Waals surface area contributed by atoms with Crippen LogP contribution in [0.5, 0.6) is 0 Å². The molecule has 0 atom stereocenters. The maximum absolute atomic E-state index is 12.7. The van der Waals surface area contributed by atoms with Gasteiger partial charge in [0.15, 0.2) is 6.61 Å². The van der Waals surface area contributed by atoms with Crippen molar-refractivity contribution >= 4 is 27.6 Å². The first-order valence-corrected chi connectivity index (χ1v) is 12.8. The number of hydrogen-bond acceptors (Lipinski definition) is 5. The number of nitrogens with zero attached hydrogens (tertiary/aromatic N) is 2.